The van der Waals surface area contributed by atoms with Crippen LogP contribution in [0.4, 0.5) is 0 Å². The SMILES string of the molecule is O=C(O)C(O)c1c(Cl)cncc1Cl. The number of aliphatic hydroxyl groups excluding tert-OH is 1. The van der Waals surface area contributed by atoms with Gasteiger partial charge in [-0.3, -0.25) is 4.98 Å². The van der Waals surface area contributed by atoms with E-state index in [0.29, 0.717) is 0 Å². The Balaban J connectivity index is 3.20. The molecule has 1 rings (SSSR count). The molecule has 0 radical (unpaired) electrons. The van der Waals surface area contributed by atoms with E-state index in [1.807, 2.05) is 0 Å². The Morgan fingerprint density at radius 1 is 1.38 bits per heavy atom. The zero-order valence-corrected chi connectivity index (χ0v) is 7.75. The molecule has 0 saturated carbocycles. The lowest BCUT2D eigenvalue weighted by Gasteiger charge is -2.08. The summed E-state index contributed by atoms with van der Waals surface area (Å²) in [6.45, 7) is 0. The van der Waals surface area contributed by atoms with Crippen molar-refractivity contribution in [2.24, 2.45) is 0 Å². The van der Waals surface area contributed by atoms with E-state index in [1.165, 1.54) is 12.4 Å². The molecule has 6 heteroatoms. The fourth-order valence-corrected chi connectivity index (χ4v) is 1.38. The van der Waals surface area contributed by atoms with E-state index < -0.39 is 12.1 Å². The summed E-state index contributed by atoms with van der Waals surface area (Å²) in [5, 5.41) is 17.7. The second-order valence-corrected chi connectivity index (χ2v) is 3.07. The molecular weight excluding hydrogens is 217 g/mol. The Labute approximate surface area is 83.7 Å². The molecule has 1 heterocycles. The number of hydrogen-bond donors (Lipinski definition) is 2. The maximum absolute atomic E-state index is 10.4. The average molecular weight is 222 g/mol. The van der Waals surface area contributed by atoms with Crippen LogP contribution in [0.25, 0.3) is 0 Å². The summed E-state index contributed by atoms with van der Waals surface area (Å²) in [4.78, 5) is 14.0. The monoisotopic (exact) mass is 221 g/mol. The number of aromatic nitrogens is 1. The minimum absolute atomic E-state index is 0.0300. The summed E-state index contributed by atoms with van der Waals surface area (Å²) >= 11 is 11.2. The van der Waals surface area contributed by atoms with Crippen molar-refractivity contribution in [3.63, 3.8) is 0 Å². The van der Waals surface area contributed by atoms with Gasteiger partial charge in [-0.1, -0.05) is 23.2 Å². The van der Waals surface area contributed by atoms with Gasteiger partial charge in [-0.15, -0.1) is 0 Å². The van der Waals surface area contributed by atoms with Gasteiger partial charge in [0.15, 0.2) is 6.10 Å². The molecule has 4 nitrogen and oxygen atoms in total. The molecule has 0 aliphatic carbocycles. The number of aliphatic carboxylic acids is 1. The average Bonchev–Trinajstić information content (AvgIpc) is 2.03. The van der Waals surface area contributed by atoms with Crippen molar-refractivity contribution in [2.75, 3.05) is 0 Å². The van der Waals surface area contributed by atoms with Crippen LogP contribution in [0.15, 0.2) is 12.4 Å². The van der Waals surface area contributed by atoms with Gasteiger partial charge in [0.05, 0.1) is 10.0 Å². The first-order valence-corrected chi connectivity index (χ1v) is 3.99. The van der Waals surface area contributed by atoms with Crippen molar-refractivity contribution in [1.29, 1.82) is 0 Å². The second-order valence-electron chi connectivity index (χ2n) is 2.26. The van der Waals surface area contributed by atoms with Gasteiger partial charge in [-0.05, 0) is 0 Å². The maximum atomic E-state index is 10.4. The molecule has 0 bridgehead atoms. The zero-order chi connectivity index (χ0) is 10.0. The number of halogens is 2. The third-order valence-corrected chi connectivity index (χ3v) is 2.00. The molecule has 0 amide bonds. The van der Waals surface area contributed by atoms with Crippen molar-refractivity contribution in [1.82, 2.24) is 4.98 Å². The number of hydrogen-bond acceptors (Lipinski definition) is 3. The van der Waals surface area contributed by atoms with E-state index >= 15 is 0 Å². The summed E-state index contributed by atoms with van der Waals surface area (Å²) in [5.41, 5.74) is -0.0363. The van der Waals surface area contributed by atoms with Crippen LogP contribution in [0.3, 0.4) is 0 Å². The van der Waals surface area contributed by atoms with E-state index in [0.717, 1.165) is 0 Å². The maximum Gasteiger partial charge on any atom is 0.337 e. The summed E-state index contributed by atoms with van der Waals surface area (Å²) in [6.07, 6.45) is 0.715. The van der Waals surface area contributed by atoms with Crippen LogP contribution in [-0.4, -0.2) is 21.2 Å². The van der Waals surface area contributed by atoms with Crippen LogP contribution in [-0.2, 0) is 4.79 Å². The molecule has 1 unspecified atom stereocenters. The molecule has 1 aromatic rings. The van der Waals surface area contributed by atoms with E-state index in [2.05, 4.69) is 4.98 Å². The highest BCUT2D eigenvalue weighted by Gasteiger charge is 2.22. The van der Waals surface area contributed by atoms with Gasteiger partial charge in [0, 0.05) is 18.0 Å². The van der Waals surface area contributed by atoms with Gasteiger partial charge in [0.25, 0.3) is 0 Å². The quantitative estimate of drug-likeness (QED) is 0.795. The van der Waals surface area contributed by atoms with Crippen LogP contribution in [0.1, 0.15) is 11.7 Å². The smallest absolute Gasteiger partial charge is 0.337 e. The fraction of sp³-hybridized carbons (Fsp3) is 0.143. The van der Waals surface area contributed by atoms with E-state index in [1.54, 1.807) is 0 Å². The van der Waals surface area contributed by atoms with Crippen molar-refractivity contribution in [3.8, 4) is 0 Å². The molecule has 2 N–H and O–H groups in total. The summed E-state index contributed by atoms with van der Waals surface area (Å²) in [5.74, 6) is -1.41. The number of carboxylic acids is 1. The zero-order valence-electron chi connectivity index (χ0n) is 6.24. The lowest BCUT2D eigenvalue weighted by molar-refractivity contribution is -0.146. The van der Waals surface area contributed by atoms with Crippen LogP contribution < -0.4 is 0 Å². The highest BCUT2D eigenvalue weighted by Crippen LogP contribution is 2.29. The van der Waals surface area contributed by atoms with Crippen molar-refractivity contribution in [2.45, 2.75) is 6.10 Å². The minimum Gasteiger partial charge on any atom is -0.479 e. The predicted octanol–water partition coefficient (Wildman–Crippen LogP) is 1.51. The first-order chi connectivity index (χ1) is 6.04. The number of nitrogens with zero attached hydrogens (tertiary/aromatic N) is 1. The molecule has 0 saturated heterocycles. The first-order valence-electron chi connectivity index (χ1n) is 3.23. The topological polar surface area (TPSA) is 70.4 Å². The fourth-order valence-electron chi connectivity index (χ4n) is 0.806. The van der Waals surface area contributed by atoms with Gasteiger partial charge in [-0.2, -0.15) is 0 Å². The van der Waals surface area contributed by atoms with Gasteiger partial charge >= 0.3 is 5.97 Å². The predicted molar refractivity (Wildman–Crippen MR) is 46.9 cm³/mol. The van der Waals surface area contributed by atoms with Crippen molar-refractivity contribution < 1.29 is 15.0 Å². The number of carboxylic acid groups (broad SMARTS) is 1. The molecule has 1 aromatic heterocycles. The van der Waals surface area contributed by atoms with E-state index in [9.17, 15) is 4.79 Å². The summed E-state index contributed by atoms with van der Waals surface area (Å²) in [7, 11) is 0. The lowest BCUT2D eigenvalue weighted by atomic mass is 10.1. The van der Waals surface area contributed by atoms with Crippen LogP contribution in [0.2, 0.25) is 10.0 Å². The van der Waals surface area contributed by atoms with Gasteiger partial charge in [0.1, 0.15) is 0 Å². The molecule has 0 aliphatic rings. The van der Waals surface area contributed by atoms with Gasteiger partial charge in [-0.25, -0.2) is 4.79 Å². The molecule has 1 atom stereocenters. The Morgan fingerprint density at radius 2 is 1.85 bits per heavy atom. The summed E-state index contributed by atoms with van der Waals surface area (Å²) in [6, 6.07) is 0. The highest BCUT2D eigenvalue weighted by molar-refractivity contribution is 6.36. The van der Waals surface area contributed by atoms with Crippen molar-refractivity contribution in [3.05, 3.63) is 28.0 Å². The molecular formula is C7H5Cl2NO3. The highest BCUT2D eigenvalue weighted by atomic mass is 35.5. The third-order valence-electron chi connectivity index (χ3n) is 1.40. The summed E-state index contributed by atoms with van der Waals surface area (Å²) < 4.78 is 0. The standard InChI is InChI=1S/C7H5Cl2NO3/c8-3-1-10-2-4(9)5(3)6(11)7(12)13/h1-2,6,11H,(H,12,13). The first kappa shape index (κ1) is 10.2. The van der Waals surface area contributed by atoms with Gasteiger partial charge in [0.2, 0.25) is 0 Å². The molecule has 13 heavy (non-hydrogen) atoms. The minimum atomic E-state index is -1.72. The van der Waals surface area contributed by atoms with Crippen LogP contribution >= 0.6 is 23.2 Å². The van der Waals surface area contributed by atoms with E-state index in [4.69, 9.17) is 33.4 Å². The van der Waals surface area contributed by atoms with E-state index in [-0.39, 0.29) is 15.6 Å². The number of carbonyl (C=O) groups is 1. The Hall–Kier alpha value is -0.840. The van der Waals surface area contributed by atoms with Gasteiger partial charge < -0.3 is 10.2 Å². The third kappa shape index (κ3) is 2.09. The molecule has 0 aliphatic heterocycles. The second kappa shape index (κ2) is 3.91. The molecule has 0 fully saturated rings. The Morgan fingerprint density at radius 3 is 2.23 bits per heavy atom. The number of aliphatic hydroxyl groups is 1. The largest absolute Gasteiger partial charge is 0.479 e. The Kier molecular flexibility index (Phi) is 3.08. The molecule has 70 valence electrons. The Bertz CT molecular complexity index is 322. The van der Waals surface area contributed by atoms with Crippen LogP contribution in [0.5, 0.6) is 0 Å². The molecule has 0 spiro atoms. The van der Waals surface area contributed by atoms with Crippen LogP contribution in [0, 0.1) is 0 Å². The normalized spacial score (nSPS) is 12.5. The number of pyridine rings is 1. The number of rotatable bonds is 2. The molecule has 0 aromatic carbocycles. The lowest BCUT2D eigenvalue weighted by Crippen LogP contribution is -2.11. The van der Waals surface area contributed by atoms with Crippen molar-refractivity contribution >= 4 is 29.2 Å².